The lowest BCUT2D eigenvalue weighted by Gasteiger charge is -2.18. The van der Waals surface area contributed by atoms with E-state index in [4.69, 9.17) is 4.74 Å². The number of para-hydroxylation sites is 1. The van der Waals surface area contributed by atoms with Crippen molar-refractivity contribution >= 4 is 27.6 Å². The number of hydrogen-bond donors (Lipinski definition) is 2. The van der Waals surface area contributed by atoms with Gasteiger partial charge in [0.1, 0.15) is 11.3 Å². The number of phenolic OH excluding ortho intramolecular Hbond substituents is 1. The van der Waals surface area contributed by atoms with Crippen LogP contribution in [-0.4, -0.2) is 49.4 Å². The van der Waals surface area contributed by atoms with E-state index in [1.807, 2.05) is 0 Å². The van der Waals surface area contributed by atoms with E-state index in [1.165, 1.54) is 40.7 Å². The van der Waals surface area contributed by atoms with Gasteiger partial charge in [-0.05, 0) is 30.3 Å². The molecule has 1 amide bonds. The number of nitrogens with zero attached hydrogens (tertiary/aromatic N) is 1. The zero-order valence-corrected chi connectivity index (χ0v) is 16.4. The Hall–Kier alpha value is -2.91. The molecule has 0 unspecified atom stereocenters. The molecule has 0 bridgehead atoms. The van der Waals surface area contributed by atoms with Crippen molar-refractivity contribution < 1.29 is 27.9 Å². The summed E-state index contributed by atoms with van der Waals surface area (Å²) in [6.07, 6.45) is 0. The number of hydrogen-bond acceptors (Lipinski definition) is 6. The maximum absolute atomic E-state index is 12.6. The molecule has 2 N–H and O–H groups in total. The van der Waals surface area contributed by atoms with E-state index in [0.29, 0.717) is 13.1 Å². The van der Waals surface area contributed by atoms with E-state index in [1.54, 1.807) is 26.0 Å². The molecule has 0 saturated heterocycles. The third-order valence-electron chi connectivity index (χ3n) is 3.92. The standard InChI is InChI=1S/C19H22N2O6S/c1-3-21(4-2)28(25,26)15-9-7-8-14(12-15)20-18(23)13-27-19(24)16-10-5-6-11-17(16)22/h5-12,22H,3-4,13H2,1-2H3,(H,20,23). The largest absolute Gasteiger partial charge is 0.507 e. The van der Waals surface area contributed by atoms with Crippen molar-refractivity contribution in [1.82, 2.24) is 4.31 Å². The minimum Gasteiger partial charge on any atom is -0.507 e. The molecule has 0 aromatic heterocycles. The van der Waals surface area contributed by atoms with Crippen LogP contribution in [0.3, 0.4) is 0 Å². The molecule has 2 aromatic rings. The van der Waals surface area contributed by atoms with Crippen molar-refractivity contribution in [3.8, 4) is 5.75 Å². The number of esters is 1. The Bertz CT molecular complexity index is 954. The smallest absolute Gasteiger partial charge is 0.342 e. The minimum absolute atomic E-state index is 0.0531. The van der Waals surface area contributed by atoms with Crippen molar-refractivity contribution in [2.75, 3.05) is 25.0 Å². The fourth-order valence-electron chi connectivity index (χ4n) is 2.50. The Balaban J connectivity index is 2.03. The summed E-state index contributed by atoms with van der Waals surface area (Å²) in [4.78, 5) is 24.0. The van der Waals surface area contributed by atoms with E-state index in [2.05, 4.69) is 5.32 Å². The van der Waals surface area contributed by atoms with Crippen LogP contribution in [0.4, 0.5) is 5.69 Å². The molecular formula is C19H22N2O6S. The average Bonchev–Trinajstić information content (AvgIpc) is 2.67. The van der Waals surface area contributed by atoms with E-state index in [9.17, 15) is 23.1 Å². The van der Waals surface area contributed by atoms with Crippen LogP contribution in [0.15, 0.2) is 53.4 Å². The molecule has 0 atom stereocenters. The van der Waals surface area contributed by atoms with Gasteiger partial charge in [0.05, 0.1) is 4.90 Å². The first kappa shape index (κ1) is 21.4. The zero-order valence-electron chi connectivity index (χ0n) is 15.6. The number of sulfonamides is 1. The highest BCUT2D eigenvalue weighted by atomic mass is 32.2. The molecule has 2 aromatic carbocycles. The van der Waals surface area contributed by atoms with Gasteiger partial charge in [0.15, 0.2) is 6.61 Å². The number of rotatable bonds is 8. The number of anilines is 1. The summed E-state index contributed by atoms with van der Waals surface area (Å²) in [5.41, 5.74) is 0.208. The quantitative estimate of drug-likeness (QED) is 0.650. The second kappa shape index (κ2) is 9.34. The SMILES string of the molecule is CCN(CC)S(=O)(=O)c1cccc(NC(=O)COC(=O)c2ccccc2O)c1. The number of amides is 1. The van der Waals surface area contributed by atoms with Crippen molar-refractivity contribution in [3.63, 3.8) is 0 Å². The molecule has 28 heavy (non-hydrogen) atoms. The summed E-state index contributed by atoms with van der Waals surface area (Å²) >= 11 is 0. The van der Waals surface area contributed by atoms with Crippen LogP contribution in [0, 0.1) is 0 Å². The summed E-state index contributed by atoms with van der Waals surface area (Å²) in [7, 11) is -3.66. The van der Waals surface area contributed by atoms with Gasteiger partial charge in [0.2, 0.25) is 10.0 Å². The monoisotopic (exact) mass is 406 g/mol. The molecule has 8 nitrogen and oxygen atoms in total. The van der Waals surface area contributed by atoms with Crippen LogP contribution in [0.1, 0.15) is 24.2 Å². The first-order valence-corrected chi connectivity index (χ1v) is 10.1. The second-order valence-electron chi connectivity index (χ2n) is 5.76. The van der Waals surface area contributed by atoms with Crippen LogP contribution in [0.25, 0.3) is 0 Å². The Labute approximate surface area is 163 Å². The Morgan fingerprint density at radius 3 is 2.39 bits per heavy atom. The Kier molecular flexibility index (Phi) is 7.13. The van der Waals surface area contributed by atoms with Gasteiger partial charge in [0.25, 0.3) is 5.91 Å². The van der Waals surface area contributed by atoms with Crippen LogP contribution >= 0.6 is 0 Å². The van der Waals surface area contributed by atoms with Crippen LogP contribution in [0.2, 0.25) is 0 Å². The Morgan fingerprint density at radius 2 is 1.75 bits per heavy atom. The van der Waals surface area contributed by atoms with Gasteiger partial charge in [0, 0.05) is 18.8 Å². The number of ether oxygens (including phenoxy) is 1. The molecule has 150 valence electrons. The maximum atomic E-state index is 12.6. The third kappa shape index (κ3) is 5.08. The summed E-state index contributed by atoms with van der Waals surface area (Å²) in [5.74, 6) is -1.73. The first-order valence-electron chi connectivity index (χ1n) is 8.64. The van der Waals surface area contributed by atoms with Gasteiger partial charge < -0.3 is 15.2 Å². The van der Waals surface area contributed by atoms with Crippen LogP contribution in [0.5, 0.6) is 5.75 Å². The number of benzene rings is 2. The normalized spacial score (nSPS) is 11.2. The molecule has 0 saturated carbocycles. The highest BCUT2D eigenvalue weighted by molar-refractivity contribution is 7.89. The lowest BCUT2D eigenvalue weighted by Crippen LogP contribution is -2.30. The van der Waals surface area contributed by atoms with Gasteiger partial charge in [-0.15, -0.1) is 0 Å². The van der Waals surface area contributed by atoms with E-state index in [0.717, 1.165) is 0 Å². The fourth-order valence-corrected chi connectivity index (χ4v) is 4.00. The minimum atomic E-state index is -3.66. The summed E-state index contributed by atoms with van der Waals surface area (Å²) < 4.78 is 31.3. The summed E-state index contributed by atoms with van der Waals surface area (Å²) in [6, 6.07) is 11.6. The fraction of sp³-hybridized carbons (Fsp3) is 0.263. The number of nitrogens with one attached hydrogen (secondary N) is 1. The predicted molar refractivity (Wildman–Crippen MR) is 104 cm³/mol. The number of carbonyl (C=O) groups is 2. The molecule has 0 radical (unpaired) electrons. The average molecular weight is 406 g/mol. The lowest BCUT2D eigenvalue weighted by molar-refractivity contribution is -0.119. The molecule has 0 aliphatic carbocycles. The molecule has 9 heteroatoms. The highest BCUT2D eigenvalue weighted by Gasteiger charge is 2.22. The number of carbonyl (C=O) groups excluding carboxylic acids is 2. The molecular weight excluding hydrogens is 384 g/mol. The number of phenols is 1. The molecule has 0 heterocycles. The lowest BCUT2D eigenvalue weighted by atomic mass is 10.2. The molecule has 0 fully saturated rings. The second-order valence-corrected chi connectivity index (χ2v) is 7.70. The van der Waals surface area contributed by atoms with Gasteiger partial charge >= 0.3 is 5.97 Å². The van der Waals surface area contributed by atoms with Gasteiger partial charge in [-0.25, -0.2) is 13.2 Å². The van der Waals surface area contributed by atoms with Crippen LogP contribution < -0.4 is 5.32 Å². The van der Waals surface area contributed by atoms with Crippen molar-refractivity contribution in [2.45, 2.75) is 18.7 Å². The van der Waals surface area contributed by atoms with Gasteiger partial charge in [-0.2, -0.15) is 4.31 Å². The highest BCUT2D eigenvalue weighted by Crippen LogP contribution is 2.20. The van der Waals surface area contributed by atoms with Crippen LogP contribution in [-0.2, 0) is 19.6 Å². The maximum Gasteiger partial charge on any atom is 0.342 e. The summed E-state index contributed by atoms with van der Waals surface area (Å²) in [6.45, 7) is 3.56. The molecule has 0 spiro atoms. The van der Waals surface area contributed by atoms with Gasteiger partial charge in [-0.1, -0.05) is 32.0 Å². The third-order valence-corrected chi connectivity index (χ3v) is 5.97. The molecule has 0 aliphatic heterocycles. The Morgan fingerprint density at radius 1 is 1.07 bits per heavy atom. The summed E-state index contributed by atoms with van der Waals surface area (Å²) in [5, 5.41) is 12.1. The van der Waals surface area contributed by atoms with Crippen molar-refractivity contribution in [3.05, 3.63) is 54.1 Å². The van der Waals surface area contributed by atoms with Crippen molar-refractivity contribution in [2.24, 2.45) is 0 Å². The van der Waals surface area contributed by atoms with E-state index >= 15 is 0 Å². The van der Waals surface area contributed by atoms with E-state index < -0.39 is 28.5 Å². The zero-order chi connectivity index (χ0) is 20.7. The van der Waals surface area contributed by atoms with E-state index in [-0.39, 0.29) is 21.9 Å². The molecule has 0 aliphatic rings. The molecule has 2 rings (SSSR count). The van der Waals surface area contributed by atoms with Gasteiger partial charge in [-0.3, -0.25) is 4.79 Å². The first-order chi connectivity index (χ1) is 13.3. The predicted octanol–water partition coefficient (Wildman–Crippen LogP) is 2.22. The number of aromatic hydroxyl groups is 1. The van der Waals surface area contributed by atoms with Crippen molar-refractivity contribution in [1.29, 1.82) is 0 Å². The topological polar surface area (TPSA) is 113 Å².